The van der Waals surface area contributed by atoms with Crippen molar-refractivity contribution in [3.63, 3.8) is 0 Å². The molecule has 4 aliphatic carbocycles. The van der Waals surface area contributed by atoms with Crippen LogP contribution in [0.15, 0.2) is 5.10 Å². The molecule has 0 aromatic heterocycles. The van der Waals surface area contributed by atoms with E-state index in [9.17, 15) is 10.2 Å². The quantitative estimate of drug-likeness (QED) is 0.289. The van der Waals surface area contributed by atoms with Crippen LogP contribution in [0.3, 0.4) is 0 Å². The third-order valence-corrected chi connectivity index (χ3v) is 10.2. The summed E-state index contributed by atoms with van der Waals surface area (Å²) in [5.74, 6) is 2.02. The maximum atomic E-state index is 12.2. The molecular formula is C24H44N4O3. The molecule has 178 valence electrons. The third kappa shape index (κ3) is 3.74. The highest BCUT2D eigenvalue weighted by molar-refractivity contribution is 5.75. The molecule has 0 unspecified atom stereocenters. The molecular weight excluding hydrogens is 392 g/mol. The van der Waals surface area contributed by atoms with Gasteiger partial charge in [-0.05, 0) is 106 Å². The summed E-state index contributed by atoms with van der Waals surface area (Å²) in [4.78, 5) is 5.58. The van der Waals surface area contributed by atoms with E-state index in [0.29, 0.717) is 36.8 Å². The summed E-state index contributed by atoms with van der Waals surface area (Å²) < 4.78 is 0. The summed E-state index contributed by atoms with van der Waals surface area (Å²) in [6, 6.07) is 0. The van der Waals surface area contributed by atoms with E-state index >= 15 is 0 Å². The van der Waals surface area contributed by atoms with Gasteiger partial charge in [0.15, 0.2) is 0 Å². The van der Waals surface area contributed by atoms with Crippen molar-refractivity contribution in [1.82, 2.24) is 5.17 Å². The van der Waals surface area contributed by atoms with Gasteiger partial charge < -0.3 is 21.7 Å². The van der Waals surface area contributed by atoms with E-state index < -0.39 is 5.60 Å². The van der Waals surface area contributed by atoms with Crippen molar-refractivity contribution < 1.29 is 15.1 Å². The molecule has 4 saturated carbocycles. The molecule has 0 amide bonds. The Morgan fingerprint density at radius 3 is 2.55 bits per heavy atom. The number of guanidine groups is 1. The number of hydrazone groups is 1. The molecule has 7 nitrogen and oxygen atoms in total. The fourth-order valence-electron chi connectivity index (χ4n) is 8.46. The Hall–Kier alpha value is -1.05. The van der Waals surface area contributed by atoms with Gasteiger partial charge in [0, 0.05) is 0 Å². The second kappa shape index (κ2) is 8.38. The number of aliphatic hydroxyl groups is 2. The van der Waals surface area contributed by atoms with Gasteiger partial charge in [0.1, 0.15) is 0 Å². The number of rotatable bonds is 6. The summed E-state index contributed by atoms with van der Waals surface area (Å²) in [6.45, 7) is 7.88. The fourth-order valence-corrected chi connectivity index (χ4v) is 8.46. The van der Waals surface area contributed by atoms with Crippen LogP contribution in [0.1, 0.15) is 85.0 Å². The van der Waals surface area contributed by atoms with Crippen molar-refractivity contribution in [2.24, 2.45) is 51.1 Å². The van der Waals surface area contributed by atoms with Gasteiger partial charge in [0.05, 0.1) is 24.9 Å². The monoisotopic (exact) mass is 436 g/mol. The first-order valence-electron chi connectivity index (χ1n) is 12.5. The Balaban J connectivity index is 1.50. The number of hydroxylamine groups is 1. The second-order valence-corrected chi connectivity index (χ2v) is 11.3. The molecule has 8 atom stereocenters. The van der Waals surface area contributed by atoms with Crippen LogP contribution in [-0.2, 0) is 4.84 Å². The molecule has 0 saturated heterocycles. The summed E-state index contributed by atoms with van der Waals surface area (Å²) >= 11 is 0. The molecule has 31 heavy (non-hydrogen) atoms. The van der Waals surface area contributed by atoms with Crippen molar-refractivity contribution in [2.75, 3.05) is 13.2 Å². The zero-order valence-corrected chi connectivity index (χ0v) is 19.7. The van der Waals surface area contributed by atoms with Crippen LogP contribution in [0.25, 0.3) is 0 Å². The number of hydrogen-bond acceptors (Lipinski definition) is 5. The number of fused-ring (bicyclic) bond motifs is 5. The van der Waals surface area contributed by atoms with Crippen molar-refractivity contribution in [3.8, 4) is 0 Å². The predicted octanol–water partition coefficient (Wildman–Crippen LogP) is 2.95. The minimum Gasteiger partial charge on any atom is -0.393 e. The number of hydrogen-bond donors (Lipinski definition) is 4. The maximum Gasteiger partial charge on any atom is 0.211 e. The Morgan fingerprint density at radius 1 is 1.06 bits per heavy atom. The Labute approximate surface area is 187 Å². The maximum absolute atomic E-state index is 12.2. The number of aliphatic hydroxyl groups excluding tert-OH is 1. The number of nitrogens with zero attached hydrogens (tertiary/aromatic N) is 2. The van der Waals surface area contributed by atoms with Gasteiger partial charge >= 0.3 is 0 Å². The van der Waals surface area contributed by atoms with Crippen LogP contribution in [0.2, 0.25) is 0 Å². The van der Waals surface area contributed by atoms with E-state index in [1.165, 1.54) is 11.6 Å². The Kier molecular flexibility index (Phi) is 6.25. The van der Waals surface area contributed by atoms with Gasteiger partial charge in [-0.25, -0.2) is 0 Å². The Morgan fingerprint density at radius 2 is 1.84 bits per heavy atom. The van der Waals surface area contributed by atoms with Crippen LogP contribution in [0, 0.1) is 34.5 Å². The second-order valence-electron chi connectivity index (χ2n) is 11.3. The van der Waals surface area contributed by atoms with E-state index in [4.69, 9.17) is 16.3 Å². The van der Waals surface area contributed by atoms with E-state index in [1.807, 2.05) is 6.92 Å². The van der Waals surface area contributed by atoms with Crippen LogP contribution < -0.4 is 11.5 Å². The SMILES string of the molecule is CCON(CC[C@H]1CC[C@]2(O)[C@@H]3CC[C@@H]4C[C@@H](O)CC[C@]4(C)[C@H]3CC[C@]12C)N=C(N)N. The van der Waals surface area contributed by atoms with E-state index in [1.54, 1.807) is 0 Å². The molecule has 6 N–H and O–H groups in total. The van der Waals surface area contributed by atoms with E-state index in [0.717, 1.165) is 57.8 Å². The normalized spacial score (nSPS) is 46.5. The standard InChI is InChI=1S/C24H44N4O3/c1-4-31-28(27-21(25)26)14-10-16-7-13-24(30)20-6-5-17-15-18(29)8-11-22(17,2)19(20)9-12-23(16,24)3/h16-20,29-30H,4-15H2,1-3H3,(H4,25,26,27)/t16-,17-,18+,19+,20-,22+,23-,24+/m1/s1. The molecule has 0 heterocycles. The zero-order chi connectivity index (χ0) is 22.4. The van der Waals surface area contributed by atoms with Gasteiger partial charge in [-0.1, -0.05) is 13.8 Å². The summed E-state index contributed by atoms with van der Waals surface area (Å²) in [5.41, 5.74) is 10.7. The van der Waals surface area contributed by atoms with Crippen LogP contribution in [0.5, 0.6) is 0 Å². The smallest absolute Gasteiger partial charge is 0.211 e. The molecule has 0 aromatic carbocycles. The third-order valence-electron chi connectivity index (χ3n) is 10.2. The Bertz CT molecular complexity index is 686. The molecule has 0 bridgehead atoms. The lowest BCUT2D eigenvalue weighted by Crippen LogP contribution is -2.62. The minimum atomic E-state index is -0.586. The summed E-state index contributed by atoms with van der Waals surface area (Å²) in [5, 5.41) is 28.1. The average Bonchev–Trinajstić information content (AvgIpc) is 2.97. The lowest BCUT2D eigenvalue weighted by Gasteiger charge is -2.63. The van der Waals surface area contributed by atoms with Gasteiger partial charge in [0.25, 0.3) is 0 Å². The first-order chi connectivity index (χ1) is 14.6. The van der Waals surface area contributed by atoms with Crippen molar-refractivity contribution >= 4 is 5.96 Å². The number of nitrogens with two attached hydrogens (primary N) is 2. The topological polar surface area (TPSA) is 117 Å². The van der Waals surface area contributed by atoms with Crippen molar-refractivity contribution in [2.45, 2.75) is 96.7 Å². The lowest BCUT2D eigenvalue weighted by atomic mass is 9.43. The van der Waals surface area contributed by atoms with Crippen LogP contribution >= 0.6 is 0 Å². The van der Waals surface area contributed by atoms with Gasteiger partial charge in [-0.15, -0.1) is 5.10 Å². The van der Waals surface area contributed by atoms with Gasteiger partial charge in [-0.3, -0.25) is 4.84 Å². The van der Waals surface area contributed by atoms with Crippen molar-refractivity contribution in [1.29, 1.82) is 0 Å². The zero-order valence-electron chi connectivity index (χ0n) is 19.7. The van der Waals surface area contributed by atoms with Crippen molar-refractivity contribution in [3.05, 3.63) is 0 Å². The molecule has 0 radical (unpaired) electrons. The van der Waals surface area contributed by atoms with Gasteiger partial charge in [0.2, 0.25) is 5.96 Å². The molecule has 0 aromatic rings. The highest BCUT2D eigenvalue weighted by Crippen LogP contribution is 2.69. The van der Waals surface area contributed by atoms with E-state index in [-0.39, 0.29) is 22.9 Å². The molecule has 7 heteroatoms. The first kappa shape index (κ1) is 23.1. The van der Waals surface area contributed by atoms with Crippen LogP contribution in [0.4, 0.5) is 0 Å². The molecule has 4 fully saturated rings. The molecule has 4 aliphatic rings. The lowest BCUT2D eigenvalue weighted by molar-refractivity contribution is -0.212. The van der Waals surface area contributed by atoms with E-state index in [2.05, 4.69) is 18.9 Å². The van der Waals surface area contributed by atoms with Gasteiger partial charge in [-0.2, -0.15) is 5.17 Å². The fraction of sp³-hybridized carbons (Fsp3) is 0.958. The predicted molar refractivity (Wildman–Crippen MR) is 121 cm³/mol. The first-order valence-corrected chi connectivity index (χ1v) is 12.5. The highest BCUT2D eigenvalue weighted by Gasteiger charge is 2.66. The largest absolute Gasteiger partial charge is 0.393 e. The summed E-state index contributed by atoms with van der Waals surface area (Å²) in [7, 11) is 0. The average molecular weight is 437 g/mol. The molecule has 0 spiro atoms. The summed E-state index contributed by atoms with van der Waals surface area (Å²) in [6.07, 6.45) is 10.3. The molecule has 0 aliphatic heterocycles. The molecule has 4 rings (SSSR count). The highest BCUT2D eigenvalue weighted by atomic mass is 16.7. The minimum absolute atomic E-state index is 0.00528. The van der Waals surface area contributed by atoms with Crippen LogP contribution in [-0.4, -0.2) is 46.2 Å².